The molecular formula is C18H19N5O5. The highest BCUT2D eigenvalue weighted by atomic mass is 16.5. The van der Waals surface area contributed by atoms with Crippen LogP contribution in [0.2, 0.25) is 0 Å². The number of aryl methyl sites for hydroxylation is 1. The van der Waals surface area contributed by atoms with Crippen molar-refractivity contribution < 1.29 is 14.3 Å². The number of esters is 1. The molecule has 28 heavy (non-hydrogen) atoms. The fourth-order valence-corrected chi connectivity index (χ4v) is 2.80. The first-order chi connectivity index (χ1) is 13.4. The number of pyridine rings is 2. The van der Waals surface area contributed by atoms with Crippen LogP contribution in [0.15, 0.2) is 40.2 Å². The third kappa shape index (κ3) is 3.37. The lowest BCUT2D eigenvalue weighted by Gasteiger charge is -2.12. The summed E-state index contributed by atoms with van der Waals surface area (Å²) in [6.45, 7) is 0. The molecule has 1 atom stereocenters. The maximum absolute atomic E-state index is 12.9. The Morgan fingerprint density at radius 1 is 1.21 bits per heavy atom. The van der Waals surface area contributed by atoms with Gasteiger partial charge in [-0.1, -0.05) is 0 Å². The second-order valence-corrected chi connectivity index (χ2v) is 6.07. The van der Waals surface area contributed by atoms with E-state index in [0.717, 1.165) is 4.57 Å². The van der Waals surface area contributed by atoms with Crippen LogP contribution in [0.5, 0.6) is 5.88 Å². The molecule has 0 bridgehead atoms. The van der Waals surface area contributed by atoms with E-state index in [1.807, 2.05) is 0 Å². The minimum absolute atomic E-state index is 0.167. The lowest BCUT2D eigenvalue weighted by atomic mass is 10.1. The lowest BCUT2D eigenvalue weighted by Crippen LogP contribution is -2.38. The van der Waals surface area contributed by atoms with Crippen LogP contribution in [-0.2, 0) is 23.0 Å². The van der Waals surface area contributed by atoms with Crippen molar-refractivity contribution in [2.75, 3.05) is 14.2 Å². The number of fused-ring (bicyclic) bond motifs is 1. The lowest BCUT2D eigenvalue weighted by molar-refractivity contribution is -0.142. The van der Waals surface area contributed by atoms with Crippen molar-refractivity contribution in [2.24, 2.45) is 12.8 Å². The number of nitrogens with zero attached hydrogens (tertiary/aromatic N) is 4. The number of hydrogen-bond donors (Lipinski definition) is 1. The van der Waals surface area contributed by atoms with Gasteiger partial charge in [-0.25, -0.2) is 14.3 Å². The highest BCUT2D eigenvalue weighted by Crippen LogP contribution is 2.14. The average molecular weight is 385 g/mol. The fraction of sp³-hybridized carbons (Fsp3) is 0.278. The third-order valence-electron chi connectivity index (χ3n) is 4.34. The molecule has 0 saturated carbocycles. The molecule has 0 unspecified atom stereocenters. The second-order valence-electron chi connectivity index (χ2n) is 6.07. The Morgan fingerprint density at radius 2 is 1.96 bits per heavy atom. The molecule has 0 aliphatic rings. The summed E-state index contributed by atoms with van der Waals surface area (Å²) < 4.78 is 12.0. The summed E-state index contributed by atoms with van der Waals surface area (Å²) in [5.41, 5.74) is 5.88. The Morgan fingerprint density at radius 3 is 2.57 bits per heavy atom. The summed E-state index contributed by atoms with van der Waals surface area (Å²) in [4.78, 5) is 45.3. The van der Waals surface area contributed by atoms with E-state index >= 15 is 0 Å². The predicted molar refractivity (Wildman–Crippen MR) is 101 cm³/mol. The number of hydrogen-bond acceptors (Lipinski definition) is 8. The third-order valence-corrected chi connectivity index (χ3v) is 4.34. The molecule has 0 spiro atoms. The molecule has 3 rings (SSSR count). The molecule has 0 aromatic carbocycles. The molecule has 3 aromatic heterocycles. The zero-order valence-electron chi connectivity index (χ0n) is 15.6. The number of aromatic nitrogens is 4. The molecule has 0 aliphatic carbocycles. The summed E-state index contributed by atoms with van der Waals surface area (Å²) in [5.74, 6) is -0.284. The molecule has 0 amide bonds. The van der Waals surface area contributed by atoms with Gasteiger partial charge in [-0.2, -0.15) is 0 Å². The van der Waals surface area contributed by atoms with Gasteiger partial charge in [0.2, 0.25) is 5.88 Å². The first-order valence-electron chi connectivity index (χ1n) is 8.32. The average Bonchev–Trinajstić information content (AvgIpc) is 2.72. The number of ether oxygens (including phenoxy) is 2. The zero-order valence-corrected chi connectivity index (χ0v) is 15.6. The van der Waals surface area contributed by atoms with Crippen molar-refractivity contribution in [2.45, 2.75) is 12.5 Å². The van der Waals surface area contributed by atoms with Crippen LogP contribution in [0.1, 0.15) is 5.69 Å². The van der Waals surface area contributed by atoms with Gasteiger partial charge in [-0.05, 0) is 12.1 Å². The molecule has 0 fully saturated rings. The fourth-order valence-electron chi connectivity index (χ4n) is 2.80. The van der Waals surface area contributed by atoms with Gasteiger partial charge in [-0.3, -0.25) is 19.1 Å². The number of carbonyl (C=O) groups is 1. The Hall–Kier alpha value is -3.53. The Kier molecular flexibility index (Phi) is 5.23. The van der Waals surface area contributed by atoms with E-state index in [-0.39, 0.29) is 17.7 Å². The van der Waals surface area contributed by atoms with Gasteiger partial charge < -0.3 is 15.2 Å². The number of methoxy groups -OCH3 is 2. The van der Waals surface area contributed by atoms with Gasteiger partial charge in [0.15, 0.2) is 0 Å². The van der Waals surface area contributed by atoms with Gasteiger partial charge in [-0.15, -0.1) is 0 Å². The molecule has 0 radical (unpaired) electrons. The van der Waals surface area contributed by atoms with Crippen molar-refractivity contribution in [1.29, 1.82) is 0 Å². The monoisotopic (exact) mass is 385 g/mol. The molecule has 0 saturated heterocycles. The minimum Gasteiger partial charge on any atom is -0.481 e. The highest BCUT2D eigenvalue weighted by Gasteiger charge is 2.17. The van der Waals surface area contributed by atoms with Gasteiger partial charge in [0.05, 0.1) is 43.2 Å². The Labute approximate surface area is 159 Å². The topological polar surface area (TPSA) is 131 Å². The molecule has 0 aliphatic heterocycles. The number of nitrogens with two attached hydrogens (primary N) is 1. The summed E-state index contributed by atoms with van der Waals surface area (Å²) >= 11 is 0. The largest absolute Gasteiger partial charge is 0.481 e. The minimum atomic E-state index is -0.848. The van der Waals surface area contributed by atoms with E-state index in [1.165, 1.54) is 37.2 Å². The zero-order chi connectivity index (χ0) is 20.4. The molecule has 146 valence electrons. The molecular weight excluding hydrogens is 366 g/mol. The van der Waals surface area contributed by atoms with Gasteiger partial charge in [0.25, 0.3) is 5.56 Å². The van der Waals surface area contributed by atoms with Crippen LogP contribution >= 0.6 is 0 Å². The molecule has 10 nitrogen and oxygen atoms in total. The maximum Gasteiger partial charge on any atom is 0.335 e. The summed E-state index contributed by atoms with van der Waals surface area (Å²) in [7, 11) is 4.24. The first-order valence-corrected chi connectivity index (χ1v) is 8.32. The molecule has 10 heteroatoms. The van der Waals surface area contributed by atoms with E-state index in [0.29, 0.717) is 16.9 Å². The molecule has 3 aromatic rings. The quantitative estimate of drug-likeness (QED) is 0.583. The smallest absolute Gasteiger partial charge is 0.335 e. The summed E-state index contributed by atoms with van der Waals surface area (Å²) in [5, 5.41) is 0.283. The van der Waals surface area contributed by atoms with E-state index in [4.69, 9.17) is 10.5 Å². The van der Waals surface area contributed by atoms with Crippen molar-refractivity contribution in [3.05, 3.63) is 57.1 Å². The van der Waals surface area contributed by atoms with Crippen molar-refractivity contribution in [3.63, 3.8) is 0 Å². The Bertz CT molecular complexity index is 1150. The Balaban J connectivity index is 2.07. The van der Waals surface area contributed by atoms with Gasteiger partial charge in [0, 0.05) is 25.2 Å². The van der Waals surface area contributed by atoms with Gasteiger partial charge in [0.1, 0.15) is 6.04 Å². The van der Waals surface area contributed by atoms with Crippen LogP contribution in [0.25, 0.3) is 16.6 Å². The molecule has 2 N–H and O–H groups in total. The highest BCUT2D eigenvalue weighted by molar-refractivity contribution is 5.78. The van der Waals surface area contributed by atoms with Crippen LogP contribution < -0.4 is 21.7 Å². The van der Waals surface area contributed by atoms with E-state index in [2.05, 4.69) is 14.7 Å². The van der Waals surface area contributed by atoms with E-state index < -0.39 is 23.3 Å². The van der Waals surface area contributed by atoms with Crippen LogP contribution in [0, 0.1) is 0 Å². The predicted octanol–water partition coefficient (Wildman–Crippen LogP) is -0.469. The van der Waals surface area contributed by atoms with Crippen molar-refractivity contribution in [3.8, 4) is 11.6 Å². The van der Waals surface area contributed by atoms with Crippen molar-refractivity contribution in [1.82, 2.24) is 19.1 Å². The standard InChI is InChI=1S/C18H19N5O5/c1-22-14-9-21-15(27-2)7-12(14)16(24)23(18(22)26)11-5-4-10(20-8-11)6-13(19)17(25)28-3/h4-5,7-9,13H,6,19H2,1-3H3/t13-/m0/s1. The summed E-state index contributed by atoms with van der Waals surface area (Å²) in [6, 6.07) is 3.80. The van der Waals surface area contributed by atoms with Crippen LogP contribution in [0.4, 0.5) is 0 Å². The SMILES string of the molecule is COC(=O)[C@@H](N)Cc1ccc(-n2c(=O)c3cc(OC)ncc3n(C)c2=O)cn1. The normalized spacial score (nSPS) is 12.0. The molecule has 3 heterocycles. The van der Waals surface area contributed by atoms with E-state index in [1.54, 1.807) is 19.2 Å². The van der Waals surface area contributed by atoms with E-state index in [9.17, 15) is 14.4 Å². The number of carbonyl (C=O) groups excluding carboxylic acids is 1. The van der Waals surface area contributed by atoms with Crippen LogP contribution in [0.3, 0.4) is 0 Å². The second kappa shape index (κ2) is 7.61. The van der Waals surface area contributed by atoms with Gasteiger partial charge >= 0.3 is 11.7 Å². The van der Waals surface area contributed by atoms with Crippen molar-refractivity contribution >= 4 is 16.9 Å². The summed E-state index contributed by atoms with van der Waals surface area (Å²) in [6.07, 6.45) is 2.96. The first kappa shape index (κ1) is 19.2. The van der Waals surface area contributed by atoms with Crippen LogP contribution in [-0.4, -0.2) is 45.3 Å². The maximum atomic E-state index is 12.9. The number of rotatable bonds is 5.